The number of amides is 1. The van der Waals surface area contributed by atoms with Crippen LogP contribution >= 0.6 is 0 Å². The van der Waals surface area contributed by atoms with Gasteiger partial charge in [-0.25, -0.2) is 0 Å². The lowest BCUT2D eigenvalue weighted by Gasteiger charge is -2.30. The van der Waals surface area contributed by atoms with Crippen LogP contribution in [0.5, 0.6) is 5.75 Å². The number of ketones is 1. The lowest BCUT2D eigenvalue weighted by Crippen LogP contribution is -2.46. The summed E-state index contributed by atoms with van der Waals surface area (Å²) < 4.78 is 5.39. The number of benzene rings is 1. The summed E-state index contributed by atoms with van der Waals surface area (Å²) in [6.45, 7) is 3.35. The molecule has 0 saturated heterocycles. The lowest BCUT2D eigenvalue weighted by molar-refractivity contribution is -0.142. The Balaban J connectivity index is 2.01. The second-order valence-electron chi connectivity index (χ2n) is 5.91. The highest BCUT2D eigenvalue weighted by atomic mass is 16.6. The number of carbonyl (C=O) groups excluding carboxylic acids is 2. The number of hydrogen-bond acceptors (Lipinski definition) is 6. The maximum Gasteiger partial charge on any atom is 0.272 e. The van der Waals surface area contributed by atoms with E-state index in [9.17, 15) is 9.59 Å². The fraction of sp³-hybridized carbons (Fsp3) is 0.263. The summed E-state index contributed by atoms with van der Waals surface area (Å²) in [6, 6.07) is 8.66. The van der Waals surface area contributed by atoms with E-state index in [1.807, 2.05) is 0 Å². The zero-order chi connectivity index (χ0) is 18.7. The highest BCUT2D eigenvalue weighted by molar-refractivity contribution is 6.09. The van der Waals surface area contributed by atoms with Crippen molar-refractivity contribution in [3.8, 4) is 5.75 Å². The van der Waals surface area contributed by atoms with Crippen molar-refractivity contribution in [2.24, 2.45) is 5.16 Å². The molecule has 0 saturated carbocycles. The molecule has 1 aliphatic rings. The molecule has 7 heteroatoms. The van der Waals surface area contributed by atoms with E-state index in [1.54, 1.807) is 56.8 Å². The number of oxime groups is 1. The first kappa shape index (κ1) is 17.6. The average molecular weight is 353 g/mol. The van der Waals surface area contributed by atoms with Crippen molar-refractivity contribution in [2.75, 3.05) is 7.11 Å². The van der Waals surface area contributed by atoms with E-state index in [0.717, 1.165) is 0 Å². The highest BCUT2D eigenvalue weighted by Crippen LogP contribution is 2.25. The van der Waals surface area contributed by atoms with Gasteiger partial charge in [0.15, 0.2) is 11.6 Å². The Morgan fingerprint density at radius 2 is 2.00 bits per heavy atom. The van der Waals surface area contributed by atoms with Gasteiger partial charge in [0.2, 0.25) is 6.10 Å². The Bertz CT molecular complexity index is 864. The van der Waals surface area contributed by atoms with Crippen molar-refractivity contribution in [3.05, 3.63) is 59.4 Å². The predicted molar refractivity (Wildman–Crippen MR) is 94.9 cm³/mol. The van der Waals surface area contributed by atoms with Gasteiger partial charge in [0.25, 0.3) is 5.91 Å². The second-order valence-corrected chi connectivity index (χ2v) is 5.91. The number of methoxy groups -OCH3 is 1. The summed E-state index contributed by atoms with van der Waals surface area (Å²) in [7, 11) is 1.55. The van der Waals surface area contributed by atoms with Crippen molar-refractivity contribution in [1.29, 1.82) is 0 Å². The molecule has 0 spiro atoms. The van der Waals surface area contributed by atoms with Crippen molar-refractivity contribution in [3.63, 3.8) is 0 Å². The molecule has 1 aromatic carbocycles. The van der Waals surface area contributed by atoms with E-state index in [0.29, 0.717) is 28.3 Å². The van der Waals surface area contributed by atoms with E-state index in [-0.39, 0.29) is 18.2 Å². The Kier molecular flexibility index (Phi) is 4.97. The van der Waals surface area contributed by atoms with E-state index in [4.69, 9.17) is 9.57 Å². The lowest BCUT2D eigenvalue weighted by atomic mass is 10.1. The van der Waals surface area contributed by atoms with Crippen LogP contribution in [-0.4, -0.2) is 40.6 Å². The predicted octanol–water partition coefficient (Wildman–Crippen LogP) is 2.40. The fourth-order valence-electron chi connectivity index (χ4n) is 2.70. The molecule has 7 nitrogen and oxygen atoms in total. The first-order valence-corrected chi connectivity index (χ1v) is 8.14. The summed E-state index contributed by atoms with van der Waals surface area (Å²) in [4.78, 5) is 35.2. The van der Waals surface area contributed by atoms with Gasteiger partial charge < -0.3 is 9.57 Å². The van der Waals surface area contributed by atoms with E-state index < -0.39 is 6.10 Å². The van der Waals surface area contributed by atoms with Crippen molar-refractivity contribution in [2.45, 2.75) is 26.5 Å². The monoisotopic (exact) mass is 353 g/mol. The molecule has 0 aliphatic carbocycles. The number of ether oxygens (including phenoxy) is 1. The third-order valence-corrected chi connectivity index (χ3v) is 4.12. The highest BCUT2D eigenvalue weighted by Gasteiger charge is 2.32. The maximum absolute atomic E-state index is 12.7. The molecule has 26 heavy (non-hydrogen) atoms. The quantitative estimate of drug-likeness (QED) is 0.771. The third kappa shape index (κ3) is 3.42. The minimum Gasteiger partial charge on any atom is -0.496 e. The average Bonchev–Trinajstić information content (AvgIpc) is 2.66. The van der Waals surface area contributed by atoms with Crippen molar-refractivity contribution < 1.29 is 19.2 Å². The molecule has 0 bridgehead atoms. The molecule has 0 fully saturated rings. The van der Waals surface area contributed by atoms with Crippen LogP contribution in [0.3, 0.4) is 0 Å². The molecule has 0 radical (unpaired) electrons. The van der Waals surface area contributed by atoms with Gasteiger partial charge in [-0.1, -0.05) is 5.16 Å². The molecule has 1 amide bonds. The molecule has 134 valence electrons. The van der Waals surface area contributed by atoms with E-state index >= 15 is 0 Å². The molecular formula is C19H19N3O4. The number of amidine groups is 1. The number of rotatable bonds is 5. The Labute approximate surface area is 151 Å². The Morgan fingerprint density at radius 3 is 2.65 bits per heavy atom. The topological polar surface area (TPSA) is 81.1 Å². The number of pyridine rings is 1. The zero-order valence-electron chi connectivity index (χ0n) is 14.8. The minimum absolute atomic E-state index is 0.0569. The van der Waals surface area contributed by atoms with Crippen LogP contribution in [0.25, 0.3) is 0 Å². The SMILES string of the molecule is COc1ccc(C(C)=O)cc1CN1C(=O)C(C)ON=C1c1ccncc1. The molecular weight excluding hydrogens is 334 g/mol. The molecule has 1 unspecified atom stereocenters. The van der Waals surface area contributed by atoms with Crippen LogP contribution in [0.15, 0.2) is 47.9 Å². The van der Waals surface area contributed by atoms with Gasteiger partial charge in [-0.3, -0.25) is 19.5 Å². The normalized spacial score (nSPS) is 16.7. The third-order valence-electron chi connectivity index (χ3n) is 4.12. The van der Waals surface area contributed by atoms with Gasteiger partial charge in [0.1, 0.15) is 5.75 Å². The van der Waals surface area contributed by atoms with Crippen LogP contribution in [-0.2, 0) is 16.2 Å². The van der Waals surface area contributed by atoms with Crippen molar-refractivity contribution >= 4 is 17.5 Å². The number of carbonyl (C=O) groups is 2. The van der Waals surface area contributed by atoms with Gasteiger partial charge in [-0.2, -0.15) is 0 Å². The number of aromatic nitrogens is 1. The van der Waals surface area contributed by atoms with E-state index in [1.165, 1.54) is 11.8 Å². The largest absolute Gasteiger partial charge is 0.496 e. The zero-order valence-corrected chi connectivity index (χ0v) is 14.8. The molecule has 1 atom stereocenters. The summed E-state index contributed by atoms with van der Waals surface area (Å²) in [5, 5.41) is 4.11. The summed E-state index contributed by atoms with van der Waals surface area (Å²) in [5.74, 6) is 0.711. The molecule has 2 heterocycles. The van der Waals surface area contributed by atoms with Gasteiger partial charge >= 0.3 is 0 Å². The molecule has 2 aromatic rings. The van der Waals surface area contributed by atoms with E-state index in [2.05, 4.69) is 10.1 Å². The van der Waals surface area contributed by atoms with Crippen molar-refractivity contribution in [1.82, 2.24) is 9.88 Å². The number of nitrogens with zero attached hydrogens (tertiary/aromatic N) is 3. The maximum atomic E-state index is 12.7. The number of hydrogen-bond donors (Lipinski definition) is 0. The summed E-state index contributed by atoms with van der Waals surface area (Å²) in [5.41, 5.74) is 1.98. The van der Waals surface area contributed by atoms with Crippen LogP contribution in [0.2, 0.25) is 0 Å². The molecule has 1 aliphatic heterocycles. The molecule has 3 rings (SSSR count). The second kappa shape index (κ2) is 7.35. The smallest absolute Gasteiger partial charge is 0.272 e. The Morgan fingerprint density at radius 1 is 1.27 bits per heavy atom. The summed E-state index contributed by atoms with van der Waals surface area (Å²) in [6.07, 6.45) is 2.55. The fourth-order valence-corrected chi connectivity index (χ4v) is 2.70. The van der Waals surface area contributed by atoms with Crippen LogP contribution in [0, 0.1) is 0 Å². The van der Waals surface area contributed by atoms with Gasteiger partial charge in [-0.15, -0.1) is 0 Å². The van der Waals surface area contributed by atoms with Crippen LogP contribution in [0.1, 0.15) is 35.3 Å². The van der Waals surface area contributed by atoms with Crippen LogP contribution in [0.4, 0.5) is 0 Å². The minimum atomic E-state index is -0.692. The molecule has 0 N–H and O–H groups in total. The summed E-state index contributed by atoms with van der Waals surface area (Å²) >= 11 is 0. The molecule has 1 aromatic heterocycles. The first-order valence-electron chi connectivity index (χ1n) is 8.14. The van der Waals surface area contributed by atoms with Gasteiger partial charge in [-0.05, 0) is 44.2 Å². The van der Waals surface area contributed by atoms with Crippen LogP contribution < -0.4 is 4.74 Å². The standard InChI is InChI=1S/C19H19N3O4/c1-12(23)15-4-5-17(25-3)16(10-15)11-22-18(14-6-8-20-9-7-14)21-26-13(2)19(22)24/h4-10,13H,11H2,1-3H3. The Hall–Kier alpha value is -3.22. The van der Waals surface area contributed by atoms with Gasteiger partial charge in [0, 0.05) is 29.1 Å². The number of Topliss-reactive ketones (excluding diaryl/α,β-unsaturated/α-hetero) is 1. The van der Waals surface area contributed by atoms with Gasteiger partial charge in [0.05, 0.1) is 13.7 Å². The first-order chi connectivity index (χ1) is 12.5.